The number of ether oxygens (including phenoxy) is 1. The van der Waals surface area contributed by atoms with Crippen molar-refractivity contribution in [3.05, 3.63) is 53.3 Å². The molecule has 1 unspecified atom stereocenters. The third kappa shape index (κ3) is 12.0. The summed E-state index contributed by atoms with van der Waals surface area (Å²) in [5, 5.41) is 0. The van der Waals surface area contributed by atoms with E-state index in [0.717, 1.165) is 38.9 Å². The van der Waals surface area contributed by atoms with E-state index in [1.54, 1.807) is 12.1 Å². The molecule has 40 heavy (non-hydrogen) atoms. The molecule has 2 aromatic carbocycles. The standard InChI is InChI=1S/C34H53FN2O2S/c1-3-5-7-9-10-11-12-13-14-15-16-23-37-24-22-29-26-32(20-18-30(29)28-37)40(38)36-34-21-19-31(27-33(34)35)39-25-17-8-6-4-2/h18-21,26-27,36H,3-17,22-25,28H2,1-2H3. The second-order valence-electron chi connectivity index (χ2n) is 11.4. The SMILES string of the molecule is CCCCCCCCCCCCCN1CCc2cc([S+]([O-])Nc3ccc(OCCCCCC)cc3F)ccc2C1. The first-order valence-electron chi connectivity index (χ1n) is 16.1. The van der Waals surface area contributed by atoms with Gasteiger partial charge in [0.25, 0.3) is 0 Å². The summed E-state index contributed by atoms with van der Waals surface area (Å²) in [6.45, 7) is 8.20. The van der Waals surface area contributed by atoms with Gasteiger partial charge in [-0.1, -0.05) is 103 Å². The summed E-state index contributed by atoms with van der Waals surface area (Å²) < 4.78 is 36.2. The second kappa shape index (κ2) is 19.4. The van der Waals surface area contributed by atoms with Crippen LogP contribution in [0.1, 0.15) is 121 Å². The number of rotatable bonds is 21. The van der Waals surface area contributed by atoms with Gasteiger partial charge < -0.3 is 9.29 Å². The number of nitrogens with one attached hydrogen (secondary N) is 1. The normalized spacial score (nSPS) is 14.2. The van der Waals surface area contributed by atoms with Crippen molar-refractivity contribution in [2.75, 3.05) is 24.4 Å². The van der Waals surface area contributed by atoms with Gasteiger partial charge in [-0.15, -0.1) is 0 Å². The zero-order chi connectivity index (χ0) is 28.4. The fourth-order valence-electron chi connectivity index (χ4n) is 5.44. The van der Waals surface area contributed by atoms with Crippen LogP contribution in [0, 0.1) is 5.82 Å². The van der Waals surface area contributed by atoms with Crippen molar-refractivity contribution in [2.24, 2.45) is 0 Å². The van der Waals surface area contributed by atoms with Crippen LogP contribution in [0.3, 0.4) is 0 Å². The average molecular weight is 573 g/mol. The lowest BCUT2D eigenvalue weighted by atomic mass is 9.99. The second-order valence-corrected chi connectivity index (χ2v) is 12.6. The molecule has 0 saturated heterocycles. The molecule has 2 aromatic rings. The highest BCUT2D eigenvalue weighted by Gasteiger charge is 2.21. The van der Waals surface area contributed by atoms with E-state index < -0.39 is 17.2 Å². The molecule has 0 fully saturated rings. The molecule has 0 radical (unpaired) electrons. The maximum absolute atomic E-state index is 14.6. The van der Waals surface area contributed by atoms with E-state index >= 15 is 0 Å². The molecule has 3 rings (SSSR count). The van der Waals surface area contributed by atoms with E-state index in [-0.39, 0.29) is 5.69 Å². The van der Waals surface area contributed by atoms with Crippen molar-refractivity contribution in [3.63, 3.8) is 0 Å². The number of nitrogens with zero attached hydrogens (tertiary/aromatic N) is 1. The van der Waals surface area contributed by atoms with Gasteiger partial charge in [0.1, 0.15) is 22.8 Å². The van der Waals surface area contributed by atoms with Crippen molar-refractivity contribution in [2.45, 2.75) is 128 Å². The average Bonchev–Trinajstić information content (AvgIpc) is 2.96. The minimum atomic E-state index is -1.52. The molecule has 1 heterocycles. The third-order valence-corrected chi connectivity index (χ3v) is 9.06. The predicted octanol–water partition coefficient (Wildman–Crippen LogP) is 9.59. The Morgan fingerprint density at radius 1 is 0.800 bits per heavy atom. The molecule has 1 aliphatic rings. The van der Waals surface area contributed by atoms with Gasteiger partial charge in [-0.2, -0.15) is 0 Å². The lowest BCUT2D eigenvalue weighted by Gasteiger charge is -2.29. The summed E-state index contributed by atoms with van der Waals surface area (Å²) in [5.41, 5.74) is 2.81. The summed E-state index contributed by atoms with van der Waals surface area (Å²) in [6.07, 6.45) is 20.5. The Hall–Kier alpha value is -1.76. The fraction of sp³-hybridized carbons (Fsp3) is 0.647. The zero-order valence-electron chi connectivity index (χ0n) is 25.2. The highest BCUT2D eigenvalue weighted by atomic mass is 32.2. The lowest BCUT2D eigenvalue weighted by molar-refractivity contribution is 0.247. The quantitative estimate of drug-likeness (QED) is 0.119. The Morgan fingerprint density at radius 3 is 2.12 bits per heavy atom. The fourth-order valence-corrected chi connectivity index (χ4v) is 6.36. The van der Waals surface area contributed by atoms with Crippen LogP contribution < -0.4 is 9.46 Å². The predicted molar refractivity (Wildman–Crippen MR) is 168 cm³/mol. The van der Waals surface area contributed by atoms with Crippen molar-refractivity contribution < 1.29 is 13.7 Å². The Kier molecular flexibility index (Phi) is 15.9. The molecule has 0 spiro atoms. The smallest absolute Gasteiger partial charge is 0.180 e. The minimum Gasteiger partial charge on any atom is -0.588 e. The van der Waals surface area contributed by atoms with Gasteiger partial charge in [0.05, 0.1) is 6.61 Å². The maximum Gasteiger partial charge on any atom is 0.180 e. The number of fused-ring (bicyclic) bond motifs is 1. The van der Waals surface area contributed by atoms with Crippen LogP contribution in [0.15, 0.2) is 41.3 Å². The summed E-state index contributed by atoms with van der Waals surface area (Å²) in [7, 11) is 0. The highest BCUT2D eigenvalue weighted by molar-refractivity contribution is 7.92. The molecule has 0 amide bonds. The number of hydrogen-bond acceptors (Lipinski definition) is 4. The van der Waals surface area contributed by atoms with E-state index in [2.05, 4.69) is 29.5 Å². The number of anilines is 1. The summed E-state index contributed by atoms with van der Waals surface area (Å²) in [5.74, 6) is 0.0623. The number of unbranched alkanes of at least 4 members (excludes halogenated alkanes) is 13. The topological polar surface area (TPSA) is 47.6 Å². The van der Waals surface area contributed by atoms with Gasteiger partial charge in [0, 0.05) is 19.2 Å². The molecule has 1 atom stereocenters. The molecule has 0 aromatic heterocycles. The van der Waals surface area contributed by atoms with E-state index in [0.29, 0.717) is 17.3 Å². The molecule has 0 bridgehead atoms. The molecule has 1 aliphatic heterocycles. The monoisotopic (exact) mass is 572 g/mol. The summed E-state index contributed by atoms with van der Waals surface area (Å²) >= 11 is -1.52. The Morgan fingerprint density at radius 2 is 1.45 bits per heavy atom. The van der Waals surface area contributed by atoms with E-state index in [1.807, 2.05) is 12.1 Å². The van der Waals surface area contributed by atoms with Gasteiger partial charge >= 0.3 is 0 Å². The van der Waals surface area contributed by atoms with E-state index in [9.17, 15) is 8.94 Å². The summed E-state index contributed by atoms with van der Waals surface area (Å²) in [4.78, 5) is 3.24. The Bertz CT molecular complexity index is 973. The van der Waals surface area contributed by atoms with Crippen molar-refractivity contribution in [1.29, 1.82) is 0 Å². The lowest BCUT2D eigenvalue weighted by Crippen LogP contribution is -2.31. The molecule has 4 nitrogen and oxygen atoms in total. The van der Waals surface area contributed by atoms with Crippen LogP contribution in [0.2, 0.25) is 0 Å². The molecule has 0 aliphatic carbocycles. The largest absolute Gasteiger partial charge is 0.588 e. The summed E-state index contributed by atoms with van der Waals surface area (Å²) in [6, 6.07) is 10.8. The highest BCUT2D eigenvalue weighted by Crippen LogP contribution is 2.27. The van der Waals surface area contributed by atoms with Crippen molar-refractivity contribution >= 4 is 17.0 Å². The number of halogens is 1. The van der Waals surface area contributed by atoms with Crippen LogP contribution in [-0.4, -0.2) is 29.1 Å². The maximum atomic E-state index is 14.6. The van der Waals surface area contributed by atoms with E-state index in [4.69, 9.17) is 4.74 Å². The van der Waals surface area contributed by atoms with Crippen LogP contribution in [0.4, 0.5) is 10.1 Å². The first kappa shape index (κ1) is 32.8. The van der Waals surface area contributed by atoms with Gasteiger partial charge in [-0.25, -0.2) is 9.11 Å². The van der Waals surface area contributed by atoms with Gasteiger partial charge in [-0.3, -0.25) is 4.90 Å². The third-order valence-electron chi connectivity index (χ3n) is 7.97. The van der Waals surface area contributed by atoms with Gasteiger partial charge in [0.2, 0.25) is 0 Å². The van der Waals surface area contributed by atoms with Crippen LogP contribution >= 0.6 is 0 Å². The van der Waals surface area contributed by atoms with Crippen LogP contribution in [0.25, 0.3) is 0 Å². The molecule has 224 valence electrons. The van der Waals surface area contributed by atoms with Crippen molar-refractivity contribution in [1.82, 2.24) is 4.90 Å². The first-order chi connectivity index (χ1) is 19.6. The number of benzene rings is 2. The molecule has 6 heteroatoms. The minimum absolute atomic E-state index is 0.229. The first-order valence-corrected chi connectivity index (χ1v) is 17.2. The molecule has 0 saturated carbocycles. The Balaban J connectivity index is 1.35. The van der Waals surface area contributed by atoms with Gasteiger partial charge in [0.15, 0.2) is 10.7 Å². The molecular weight excluding hydrogens is 519 g/mol. The van der Waals surface area contributed by atoms with E-state index in [1.165, 1.54) is 101 Å². The molecule has 1 N–H and O–H groups in total. The van der Waals surface area contributed by atoms with Crippen molar-refractivity contribution in [3.8, 4) is 5.75 Å². The number of hydrogen-bond donors (Lipinski definition) is 1. The van der Waals surface area contributed by atoms with Crippen LogP contribution in [-0.2, 0) is 24.3 Å². The Labute approximate surface area is 246 Å². The van der Waals surface area contributed by atoms with Gasteiger partial charge in [-0.05, 0) is 61.2 Å². The molecular formula is C34H53FN2O2S. The zero-order valence-corrected chi connectivity index (χ0v) is 26.0. The van der Waals surface area contributed by atoms with Crippen LogP contribution in [0.5, 0.6) is 5.75 Å².